The second kappa shape index (κ2) is 5.52. The number of rotatable bonds is 6. The molecule has 16 heavy (non-hydrogen) atoms. The molecule has 1 N–H and O–H groups in total. The average Bonchev–Trinajstić information content (AvgIpc) is 2.98. The van der Waals surface area contributed by atoms with E-state index in [1.807, 2.05) is 0 Å². The van der Waals surface area contributed by atoms with Gasteiger partial charge in [0.15, 0.2) is 5.06 Å². The number of hydrogen-bond acceptors (Lipinski definition) is 3. The Morgan fingerprint density at radius 2 is 2.38 bits per heavy atom. The molecule has 0 spiro atoms. The minimum atomic E-state index is 0.624. The van der Waals surface area contributed by atoms with Gasteiger partial charge < -0.3 is 10.1 Å². The van der Waals surface area contributed by atoms with Crippen LogP contribution in [0, 0.1) is 5.92 Å². The molecule has 1 aromatic heterocycles. The zero-order chi connectivity index (χ0) is 11.5. The van der Waals surface area contributed by atoms with E-state index in [-0.39, 0.29) is 0 Å². The summed E-state index contributed by atoms with van der Waals surface area (Å²) in [6.07, 6.45) is 4.19. The second-order valence-corrected chi connectivity index (χ2v) is 6.47. The molecule has 0 amide bonds. The van der Waals surface area contributed by atoms with Crippen LogP contribution in [0.25, 0.3) is 0 Å². The Morgan fingerprint density at radius 3 is 2.94 bits per heavy atom. The van der Waals surface area contributed by atoms with E-state index in [9.17, 15) is 0 Å². The molecule has 4 heteroatoms. The normalized spacial score (nSPS) is 17.4. The van der Waals surface area contributed by atoms with Crippen LogP contribution < -0.4 is 10.1 Å². The lowest BCUT2D eigenvalue weighted by Gasteiger charge is -2.11. The predicted octanol–water partition coefficient (Wildman–Crippen LogP) is 3.80. The maximum absolute atomic E-state index is 5.25. The number of nitrogens with one attached hydrogen (secondary N) is 1. The number of ether oxygens (including phenoxy) is 1. The zero-order valence-corrected chi connectivity index (χ0v) is 12.2. The molecule has 0 radical (unpaired) electrons. The van der Waals surface area contributed by atoms with E-state index in [2.05, 4.69) is 34.2 Å². The largest absolute Gasteiger partial charge is 0.486 e. The third kappa shape index (κ3) is 3.47. The topological polar surface area (TPSA) is 21.3 Å². The van der Waals surface area contributed by atoms with Crippen LogP contribution in [0.4, 0.5) is 0 Å². The fraction of sp³-hybridized carbons (Fsp3) is 0.667. The fourth-order valence-electron chi connectivity index (χ4n) is 1.84. The summed E-state index contributed by atoms with van der Waals surface area (Å²) < 4.78 is 6.31. The standard InChI is InChI=1S/C12H18BrNOS/c1-8(5-9-3-4-9)14-7-10-6-11(13)12(15-2)16-10/h6,8-9,14H,3-5,7H2,1-2H3. The van der Waals surface area contributed by atoms with E-state index < -0.39 is 0 Å². The molecule has 0 aromatic carbocycles. The molecule has 1 aliphatic carbocycles. The van der Waals surface area contributed by atoms with Gasteiger partial charge in [0.1, 0.15) is 0 Å². The maximum atomic E-state index is 5.25. The lowest BCUT2D eigenvalue weighted by Crippen LogP contribution is -2.25. The Kier molecular flexibility index (Phi) is 4.27. The van der Waals surface area contributed by atoms with Crippen LogP contribution in [-0.2, 0) is 6.54 Å². The first kappa shape index (κ1) is 12.4. The van der Waals surface area contributed by atoms with Crippen molar-refractivity contribution in [2.75, 3.05) is 7.11 Å². The quantitative estimate of drug-likeness (QED) is 0.863. The summed E-state index contributed by atoms with van der Waals surface area (Å²) in [5.41, 5.74) is 0. The SMILES string of the molecule is COc1sc(CNC(C)CC2CC2)cc1Br. The predicted molar refractivity (Wildman–Crippen MR) is 72.2 cm³/mol. The molecule has 1 fully saturated rings. The van der Waals surface area contributed by atoms with Gasteiger partial charge in [0.2, 0.25) is 0 Å². The lowest BCUT2D eigenvalue weighted by molar-refractivity contribution is 0.425. The molecular formula is C12H18BrNOS. The van der Waals surface area contributed by atoms with Gasteiger partial charge in [-0.3, -0.25) is 0 Å². The van der Waals surface area contributed by atoms with Crippen molar-refractivity contribution in [1.82, 2.24) is 5.32 Å². The van der Waals surface area contributed by atoms with Gasteiger partial charge in [0.05, 0.1) is 11.6 Å². The van der Waals surface area contributed by atoms with Gasteiger partial charge in [-0.05, 0) is 41.3 Å². The van der Waals surface area contributed by atoms with Gasteiger partial charge in [-0.1, -0.05) is 12.8 Å². The Morgan fingerprint density at radius 1 is 1.62 bits per heavy atom. The molecule has 1 unspecified atom stereocenters. The van der Waals surface area contributed by atoms with E-state index in [1.54, 1.807) is 18.4 Å². The van der Waals surface area contributed by atoms with Crippen LogP contribution in [-0.4, -0.2) is 13.2 Å². The fourth-order valence-corrected chi connectivity index (χ4v) is 3.48. The molecule has 2 rings (SSSR count). The zero-order valence-electron chi connectivity index (χ0n) is 9.75. The van der Waals surface area contributed by atoms with Crippen LogP contribution in [0.15, 0.2) is 10.5 Å². The van der Waals surface area contributed by atoms with Gasteiger partial charge >= 0.3 is 0 Å². The summed E-state index contributed by atoms with van der Waals surface area (Å²) in [7, 11) is 1.71. The highest BCUT2D eigenvalue weighted by molar-refractivity contribution is 9.10. The van der Waals surface area contributed by atoms with Gasteiger partial charge in [0, 0.05) is 17.5 Å². The maximum Gasteiger partial charge on any atom is 0.188 e. The molecule has 1 heterocycles. The smallest absolute Gasteiger partial charge is 0.188 e. The first-order valence-corrected chi connectivity index (χ1v) is 7.35. The first-order chi connectivity index (χ1) is 7.69. The summed E-state index contributed by atoms with van der Waals surface area (Å²) in [4.78, 5) is 1.33. The highest BCUT2D eigenvalue weighted by Crippen LogP contribution is 2.35. The highest BCUT2D eigenvalue weighted by Gasteiger charge is 2.23. The summed E-state index contributed by atoms with van der Waals surface area (Å²) in [6, 6.07) is 2.76. The van der Waals surface area contributed by atoms with Crippen molar-refractivity contribution in [3.05, 3.63) is 15.4 Å². The molecule has 2 nitrogen and oxygen atoms in total. The molecule has 0 aliphatic heterocycles. The Hall–Kier alpha value is -0.0600. The Labute approximate surface area is 110 Å². The van der Waals surface area contributed by atoms with Crippen molar-refractivity contribution in [2.45, 2.75) is 38.8 Å². The van der Waals surface area contributed by atoms with Gasteiger partial charge in [-0.25, -0.2) is 0 Å². The van der Waals surface area contributed by atoms with Crippen molar-refractivity contribution < 1.29 is 4.74 Å². The van der Waals surface area contributed by atoms with Crippen molar-refractivity contribution in [1.29, 1.82) is 0 Å². The van der Waals surface area contributed by atoms with E-state index >= 15 is 0 Å². The van der Waals surface area contributed by atoms with Crippen LogP contribution in [0.1, 0.15) is 31.1 Å². The average molecular weight is 304 g/mol. The highest BCUT2D eigenvalue weighted by atomic mass is 79.9. The van der Waals surface area contributed by atoms with Crippen molar-refractivity contribution >= 4 is 27.3 Å². The lowest BCUT2D eigenvalue weighted by atomic mass is 10.1. The Bertz CT molecular complexity index is 349. The van der Waals surface area contributed by atoms with E-state index in [0.29, 0.717) is 6.04 Å². The van der Waals surface area contributed by atoms with Crippen LogP contribution in [0.2, 0.25) is 0 Å². The van der Waals surface area contributed by atoms with Gasteiger partial charge in [0.25, 0.3) is 0 Å². The summed E-state index contributed by atoms with van der Waals surface area (Å²) >= 11 is 5.20. The van der Waals surface area contributed by atoms with Crippen molar-refractivity contribution in [3.8, 4) is 5.06 Å². The van der Waals surface area contributed by atoms with Crippen molar-refractivity contribution in [3.63, 3.8) is 0 Å². The minimum Gasteiger partial charge on any atom is -0.486 e. The van der Waals surface area contributed by atoms with E-state index in [1.165, 1.54) is 24.1 Å². The van der Waals surface area contributed by atoms with E-state index in [0.717, 1.165) is 22.0 Å². The number of hydrogen-bond donors (Lipinski definition) is 1. The second-order valence-electron chi connectivity index (χ2n) is 4.51. The number of thiophene rings is 1. The first-order valence-electron chi connectivity index (χ1n) is 5.74. The summed E-state index contributed by atoms with van der Waals surface area (Å²) in [5.74, 6) is 0.993. The summed E-state index contributed by atoms with van der Waals surface area (Å²) in [5, 5.41) is 4.53. The van der Waals surface area contributed by atoms with Crippen LogP contribution in [0.5, 0.6) is 5.06 Å². The minimum absolute atomic E-state index is 0.624. The molecule has 90 valence electrons. The molecule has 1 saturated carbocycles. The van der Waals surface area contributed by atoms with Gasteiger partial charge in [-0.15, -0.1) is 11.3 Å². The Balaban J connectivity index is 1.78. The number of methoxy groups -OCH3 is 1. The molecule has 0 bridgehead atoms. The molecule has 1 aliphatic rings. The van der Waals surface area contributed by atoms with E-state index in [4.69, 9.17) is 4.74 Å². The molecule has 0 saturated heterocycles. The molecular weight excluding hydrogens is 286 g/mol. The van der Waals surface area contributed by atoms with Crippen molar-refractivity contribution in [2.24, 2.45) is 5.92 Å². The molecule has 1 atom stereocenters. The molecule has 1 aromatic rings. The monoisotopic (exact) mass is 303 g/mol. The third-order valence-electron chi connectivity index (χ3n) is 2.90. The van der Waals surface area contributed by atoms with Crippen LogP contribution in [0.3, 0.4) is 0 Å². The van der Waals surface area contributed by atoms with Crippen LogP contribution >= 0.6 is 27.3 Å². The third-order valence-corrected chi connectivity index (χ3v) is 4.85. The summed E-state index contributed by atoms with van der Waals surface area (Å²) in [6.45, 7) is 3.22. The van der Waals surface area contributed by atoms with Gasteiger partial charge in [-0.2, -0.15) is 0 Å². The number of halogens is 1.